The van der Waals surface area contributed by atoms with Gasteiger partial charge in [-0.15, -0.1) is 0 Å². The fourth-order valence-corrected chi connectivity index (χ4v) is 4.77. The fraction of sp³-hybridized carbons (Fsp3) is 0.917. The van der Waals surface area contributed by atoms with E-state index in [9.17, 15) is 13.2 Å². The summed E-state index contributed by atoms with van der Waals surface area (Å²) in [7, 11) is -3.66. The maximum atomic E-state index is 12.3. The van der Waals surface area contributed by atoms with Gasteiger partial charge in [-0.2, -0.15) is 17.4 Å². The van der Waals surface area contributed by atoms with Crippen molar-refractivity contribution < 1.29 is 18.3 Å². The van der Waals surface area contributed by atoms with E-state index >= 15 is 0 Å². The highest BCUT2D eigenvalue weighted by molar-refractivity contribution is 7.87. The van der Waals surface area contributed by atoms with Gasteiger partial charge in [-0.3, -0.25) is 4.79 Å². The van der Waals surface area contributed by atoms with Gasteiger partial charge in [0.05, 0.1) is 0 Å². The van der Waals surface area contributed by atoms with Crippen molar-refractivity contribution in [2.45, 2.75) is 57.5 Å². The van der Waals surface area contributed by atoms with Crippen molar-refractivity contribution in [3.05, 3.63) is 0 Å². The zero-order valence-electron chi connectivity index (χ0n) is 11.2. The number of carbonyl (C=O) groups is 1. The van der Waals surface area contributed by atoms with Gasteiger partial charge >= 0.3 is 5.97 Å². The zero-order valence-corrected chi connectivity index (χ0v) is 12.0. The van der Waals surface area contributed by atoms with Gasteiger partial charge in [0.25, 0.3) is 10.2 Å². The lowest BCUT2D eigenvalue weighted by atomic mass is 10.1. The van der Waals surface area contributed by atoms with Crippen LogP contribution in [0, 0.1) is 5.92 Å². The molecule has 1 saturated carbocycles. The average Bonchev–Trinajstić information content (AvgIpc) is 2.96. The lowest BCUT2D eigenvalue weighted by molar-refractivity contribution is -0.139. The fourth-order valence-electron chi connectivity index (χ4n) is 3.06. The monoisotopic (exact) mass is 290 g/mol. The number of carboxylic acid groups (broad SMARTS) is 1. The Morgan fingerprint density at radius 3 is 2.68 bits per heavy atom. The molecule has 2 unspecified atom stereocenters. The molecular formula is C12H22N2O4S. The number of piperidine rings is 1. The molecule has 1 heterocycles. The van der Waals surface area contributed by atoms with Gasteiger partial charge in [0, 0.05) is 12.6 Å². The molecule has 6 nitrogen and oxygen atoms in total. The van der Waals surface area contributed by atoms with Crippen molar-refractivity contribution in [1.82, 2.24) is 9.03 Å². The van der Waals surface area contributed by atoms with E-state index in [0.29, 0.717) is 25.3 Å². The number of aliphatic carboxylic acids is 1. The minimum atomic E-state index is -3.66. The van der Waals surface area contributed by atoms with Crippen LogP contribution in [0.1, 0.15) is 45.4 Å². The third-order valence-corrected chi connectivity index (χ3v) is 5.75. The predicted molar refractivity (Wildman–Crippen MR) is 70.8 cm³/mol. The van der Waals surface area contributed by atoms with Crippen LogP contribution in [0.25, 0.3) is 0 Å². The Morgan fingerprint density at radius 2 is 2.21 bits per heavy atom. The van der Waals surface area contributed by atoms with E-state index in [0.717, 1.165) is 25.7 Å². The van der Waals surface area contributed by atoms with E-state index in [1.807, 2.05) is 6.92 Å². The average molecular weight is 290 g/mol. The molecule has 2 N–H and O–H groups in total. The first-order chi connectivity index (χ1) is 8.94. The lowest BCUT2D eigenvalue weighted by Crippen LogP contribution is -2.50. The Bertz CT molecular complexity index is 437. The summed E-state index contributed by atoms with van der Waals surface area (Å²) in [5, 5.41) is 9.09. The second-order valence-corrected chi connectivity index (χ2v) is 7.21. The van der Waals surface area contributed by atoms with Crippen molar-refractivity contribution in [3.8, 4) is 0 Å². The van der Waals surface area contributed by atoms with Crippen molar-refractivity contribution in [1.29, 1.82) is 0 Å². The van der Waals surface area contributed by atoms with Crippen LogP contribution in [0.2, 0.25) is 0 Å². The standard InChI is InChI=1S/C12H22N2O4S/c1-2-3-4-11(12(15)16)13-19(17,18)14-8-9-5-6-10(14)7-9/h9-11,13H,2-8H2,1H3,(H,15,16)/t9?,10?,11-/m0/s1. The van der Waals surface area contributed by atoms with Crippen molar-refractivity contribution in [2.24, 2.45) is 5.92 Å². The minimum Gasteiger partial charge on any atom is -0.480 e. The number of rotatable bonds is 7. The number of hydrogen-bond donors (Lipinski definition) is 2. The topological polar surface area (TPSA) is 86.7 Å². The number of unbranched alkanes of at least 4 members (excludes halogenated alkanes) is 1. The first-order valence-electron chi connectivity index (χ1n) is 6.96. The molecule has 1 aliphatic heterocycles. The van der Waals surface area contributed by atoms with Crippen LogP contribution in [-0.4, -0.2) is 42.4 Å². The third kappa shape index (κ3) is 3.27. The van der Waals surface area contributed by atoms with Crippen LogP contribution in [0.15, 0.2) is 0 Å². The maximum Gasteiger partial charge on any atom is 0.321 e. The zero-order chi connectivity index (χ0) is 14.0. The quantitative estimate of drug-likeness (QED) is 0.731. The lowest BCUT2D eigenvalue weighted by Gasteiger charge is -2.27. The normalized spacial score (nSPS) is 28.7. The second kappa shape index (κ2) is 5.76. The Kier molecular flexibility index (Phi) is 4.47. The number of nitrogens with one attached hydrogen (secondary N) is 1. The molecule has 2 bridgehead atoms. The van der Waals surface area contributed by atoms with E-state index in [1.54, 1.807) is 0 Å². The van der Waals surface area contributed by atoms with E-state index in [-0.39, 0.29) is 6.04 Å². The van der Waals surface area contributed by atoms with Crippen molar-refractivity contribution in [2.75, 3.05) is 6.54 Å². The molecule has 2 fully saturated rings. The molecule has 1 saturated heterocycles. The molecule has 110 valence electrons. The number of nitrogens with zero attached hydrogens (tertiary/aromatic N) is 1. The maximum absolute atomic E-state index is 12.3. The van der Waals surface area contributed by atoms with Gasteiger partial charge in [-0.25, -0.2) is 0 Å². The highest BCUT2D eigenvalue weighted by atomic mass is 32.2. The van der Waals surface area contributed by atoms with Crippen molar-refractivity contribution in [3.63, 3.8) is 0 Å². The summed E-state index contributed by atoms with van der Waals surface area (Å²) < 4.78 is 28.3. The van der Waals surface area contributed by atoms with E-state index in [4.69, 9.17) is 5.11 Å². The second-order valence-electron chi connectivity index (χ2n) is 5.56. The summed E-state index contributed by atoms with van der Waals surface area (Å²) >= 11 is 0. The van der Waals surface area contributed by atoms with Gasteiger partial charge in [-0.1, -0.05) is 19.8 Å². The van der Waals surface area contributed by atoms with E-state index in [2.05, 4.69) is 4.72 Å². The molecule has 7 heteroatoms. The smallest absolute Gasteiger partial charge is 0.321 e. The Morgan fingerprint density at radius 1 is 1.47 bits per heavy atom. The highest BCUT2D eigenvalue weighted by Gasteiger charge is 2.44. The van der Waals surface area contributed by atoms with E-state index in [1.165, 1.54) is 4.31 Å². The summed E-state index contributed by atoms with van der Waals surface area (Å²) in [6.45, 7) is 2.49. The van der Waals surface area contributed by atoms with Gasteiger partial charge in [0.15, 0.2) is 0 Å². The third-order valence-electron chi connectivity index (χ3n) is 4.10. The van der Waals surface area contributed by atoms with Gasteiger partial charge < -0.3 is 5.11 Å². The first-order valence-corrected chi connectivity index (χ1v) is 8.40. The van der Waals surface area contributed by atoms with E-state index < -0.39 is 22.2 Å². The molecule has 0 aromatic carbocycles. The summed E-state index contributed by atoms with van der Waals surface area (Å²) in [5.41, 5.74) is 0. The van der Waals surface area contributed by atoms with Gasteiger partial charge in [-0.05, 0) is 31.6 Å². The molecule has 0 amide bonds. The van der Waals surface area contributed by atoms with Crippen LogP contribution in [0.4, 0.5) is 0 Å². The summed E-state index contributed by atoms with van der Waals surface area (Å²) in [6, 6.07) is -0.938. The Hall–Kier alpha value is -0.660. The molecule has 2 aliphatic rings. The number of fused-ring (bicyclic) bond motifs is 2. The Balaban J connectivity index is 2.01. The molecule has 2 rings (SSSR count). The van der Waals surface area contributed by atoms with Crippen molar-refractivity contribution >= 4 is 16.2 Å². The highest BCUT2D eigenvalue weighted by Crippen LogP contribution is 2.38. The number of carboxylic acids is 1. The Labute approximate surface area is 114 Å². The molecule has 19 heavy (non-hydrogen) atoms. The minimum absolute atomic E-state index is 0.0723. The van der Waals surface area contributed by atoms with Crippen LogP contribution in [0.5, 0.6) is 0 Å². The van der Waals surface area contributed by atoms with Crippen LogP contribution in [0.3, 0.4) is 0 Å². The van der Waals surface area contributed by atoms with Gasteiger partial charge in [0.2, 0.25) is 0 Å². The molecule has 1 aliphatic carbocycles. The molecular weight excluding hydrogens is 268 g/mol. The molecule has 3 atom stereocenters. The molecule has 0 aromatic rings. The summed E-state index contributed by atoms with van der Waals surface area (Å²) in [5.74, 6) is -0.637. The predicted octanol–water partition coefficient (Wildman–Crippen LogP) is 0.948. The molecule has 0 aromatic heterocycles. The van der Waals surface area contributed by atoms with Crippen LogP contribution >= 0.6 is 0 Å². The summed E-state index contributed by atoms with van der Waals surface area (Å²) in [6.07, 6.45) is 4.80. The molecule has 0 radical (unpaired) electrons. The largest absolute Gasteiger partial charge is 0.480 e. The molecule has 0 spiro atoms. The first kappa shape index (κ1) is 14.7. The van der Waals surface area contributed by atoms with Crippen LogP contribution < -0.4 is 4.72 Å². The van der Waals surface area contributed by atoms with Gasteiger partial charge in [0.1, 0.15) is 6.04 Å². The number of hydrogen-bond acceptors (Lipinski definition) is 3. The van der Waals surface area contributed by atoms with Crippen LogP contribution in [-0.2, 0) is 15.0 Å². The SMILES string of the molecule is CCCC[C@H](NS(=O)(=O)N1CC2CCC1C2)C(=O)O. The summed E-state index contributed by atoms with van der Waals surface area (Å²) in [4.78, 5) is 11.1.